The second kappa shape index (κ2) is 8.98. The van der Waals surface area contributed by atoms with Gasteiger partial charge in [-0.25, -0.2) is 0 Å². The number of likely N-dealkylation sites (N-methyl/N-ethyl adjacent to an activating group) is 1. The van der Waals surface area contributed by atoms with Gasteiger partial charge in [-0.15, -0.1) is 11.3 Å². The number of rotatable bonds is 5. The number of carboxylic acids is 1. The Bertz CT molecular complexity index is 1390. The van der Waals surface area contributed by atoms with Crippen molar-refractivity contribution in [2.75, 3.05) is 18.0 Å². The maximum Gasteiger partial charge on any atom is 0.323 e. The molecule has 1 saturated heterocycles. The fourth-order valence-corrected chi connectivity index (χ4v) is 8.04. The Morgan fingerprint density at radius 2 is 2.03 bits per heavy atom. The van der Waals surface area contributed by atoms with Gasteiger partial charge in [0, 0.05) is 30.7 Å². The predicted molar refractivity (Wildman–Crippen MR) is 140 cm³/mol. The van der Waals surface area contributed by atoms with Gasteiger partial charge in [-0.3, -0.25) is 23.9 Å². The maximum absolute atomic E-state index is 13.2. The summed E-state index contributed by atoms with van der Waals surface area (Å²) >= 11 is 7.58. The van der Waals surface area contributed by atoms with Gasteiger partial charge in [-0.05, 0) is 56.0 Å². The van der Waals surface area contributed by atoms with E-state index in [1.165, 1.54) is 40.0 Å². The minimum absolute atomic E-state index is 0.283. The molecule has 0 radical (unpaired) electrons. The van der Waals surface area contributed by atoms with E-state index in [4.69, 9.17) is 12.2 Å². The van der Waals surface area contributed by atoms with Crippen LogP contribution in [-0.2, 0) is 16.1 Å². The molecule has 3 aliphatic rings. The fraction of sp³-hybridized carbons (Fsp3) is 0.417. The number of anilines is 1. The number of aromatic nitrogens is 1. The van der Waals surface area contributed by atoms with E-state index in [1.54, 1.807) is 0 Å². The van der Waals surface area contributed by atoms with Crippen LogP contribution in [0, 0.1) is 0 Å². The van der Waals surface area contributed by atoms with Crippen LogP contribution in [0.25, 0.3) is 11.0 Å². The topological polar surface area (TPSA) is 82.9 Å². The first-order chi connectivity index (χ1) is 16.3. The smallest absolute Gasteiger partial charge is 0.323 e. The van der Waals surface area contributed by atoms with Crippen molar-refractivity contribution in [3.8, 4) is 0 Å². The number of hydrogen-bond donors (Lipinski definition) is 1. The van der Waals surface area contributed by atoms with Crippen LogP contribution in [0.15, 0.2) is 23.0 Å². The molecule has 2 atom stereocenters. The summed E-state index contributed by atoms with van der Waals surface area (Å²) in [7, 11) is 0. The van der Waals surface area contributed by atoms with Crippen molar-refractivity contribution in [2.45, 2.75) is 51.6 Å². The molecule has 1 aromatic carbocycles. The predicted octanol–water partition coefficient (Wildman–Crippen LogP) is 2.29. The number of amides is 1. The maximum atomic E-state index is 13.2. The van der Waals surface area contributed by atoms with Gasteiger partial charge in [0.2, 0.25) is 0 Å². The third kappa shape index (κ3) is 3.72. The number of benzene rings is 1. The Labute approximate surface area is 210 Å². The van der Waals surface area contributed by atoms with Crippen molar-refractivity contribution >= 4 is 68.2 Å². The molecule has 34 heavy (non-hydrogen) atoms. The molecule has 178 valence electrons. The molecule has 1 saturated carbocycles. The number of thiazole rings is 1. The number of nitrogens with zero attached hydrogens (tertiary/aromatic N) is 3. The number of carbonyl (C=O) groups excluding carboxylic acids is 1. The number of fused-ring (bicyclic) bond motifs is 3. The lowest BCUT2D eigenvalue weighted by Crippen LogP contribution is -2.35. The molecule has 0 spiro atoms. The van der Waals surface area contributed by atoms with Crippen LogP contribution in [0.5, 0.6) is 0 Å². The standard InChI is InChI=1S/C24H25N3O4S3/c1-3-25-16-7-5-6-14(16)15-10-13(8-9-17(15)25)11-18-21(30)27(12-19(28)29)23(33-18)20-22(31)26(4-2)24(32)34-20/h8-11,14,16H,3-7,12H2,1-2H3,(H,28,29)/b18-11-,23-20+. The zero-order valence-electron chi connectivity index (χ0n) is 18.9. The number of aliphatic carboxylic acids is 1. The van der Waals surface area contributed by atoms with Crippen LogP contribution in [-0.4, -0.2) is 49.9 Å². The summed E-state index contributed by atoms with van der Waals surface area (Å²) in [5.41, 5.74) is 3.12. The van der Waals surface area contributed by atoms with Crippen LogP contribution in [0.2, 0.25) is 0 Å². The monoisotopic (exact) mass is 515 g/mol. The molecule has 1 aliphatic carbocycles. The van der Waals surface area contributed by atoms with Crippen molar-refractivity contribution in [3.05, 3.63) is 48.9 Å². The van der Waals surface area contributed by atoms with E-state index in [1.807, 2.05) is 19.1 Å². The molecule has 1 aromatic heterocycles. The Hall–Kier alpha value is -2.43. The highest BCUT2D eigenvalue weighted by atomic mass is 32.2. The van der Waals surface area contributed by atoms with E-state index in [0.29, 0.717) is 36.9 Å². The van der Waals surface area contributed by atoms with Crippen molar-refractivity contribution < 1.29 is 14.7 Å². The molecule has 2 unspecified atom stereocenters. The first kappa shape index (κ1) is 23.3. The molecule has 0 bridgehead atoms. The molecular weight excluding hydrogens is 490 g/mol. The van der Waals surface area contributed by atoms with E-state index < -0.39 is 18.1 Å². The summed E-state index contributed by atoms with van der Waals surface area (Å²) in [4.78, 5) is 41.9. The number of hydrogen-bond acceptors (Lipinski definition) is 7. The van der Waals surface area contributed by atoms with Crippen molar-refractivity contribution in [1.82, 2.24) is 9.47 Å². The van der Waals surface area contributed by atoms with Crippen molar-refractivity contribution in [3.63, 3.8) is 0 Å². The first-order valence-corrected chi connectivity index (χ1v) is 13.5. The van der Waals surface area contributed by atoms with Crippen LogP contribution in [0.4, 0.5) is 5.69 Å². The lowest BCUT2D eigenvalue weighted by molar-refractivity contribution is -0.137. The molecule has 1 N–H and O–H groups in total. The quantitative estimate of drug-likeness (QED) is 0.612. The number of thiocarbonyl (C=S) groups is 1. The highest BCUT2D eigenvalue weighted by Crippen LogP contribution is 2.49. The number of carboxylic acid groups (broad SMARTS) is 1. The van der Waals surface area contributed by atoms with E-state index >= 15 is 0 Å². The summed E-state index contributed by atoms with van der Waals surface area (Å²) < 4.78 is 2.36. The molecular formula is C24H25N3O4S3. The second-order valence-electron chi connectivity index (χ2n) is 8.66. The Morgan fingerprint density at radius 1 is 1.24 bits per heavy atom. The van der Waals surface area contributed by atoms with Gasteiger partial charge in [0.1, 0.15) is 20.4 Å². The molecule has 2 fully saturated rings. The third-order valence-corrected chi connectivity index (χ3v) is 9.54. The lowest BCUT2D eigenvalue weighted by Gasteiger charge is -2.25. The normalized spacial score (nSPS) is 23.8. The average Bonchev–Trinajstić information content (AvgIpc) is 3.52. The minimum atomic E-state index is -1.14. The molecule has 5 rings (SSSR count). The minimum Gasteiger partial charge on any atom is -0.480 e. The summed E-state index contributed by atoms with van der Waals surface area (Å²) in [6, 6.07) is 6.88. The van der Waals surface area contributed by atoms with Gasteiger partial charge >= 0.3 is 5.97 Å². The van der Waals surface area contributed by atoms with Crippen molar-refractivity contribution in [2.24, 2.45) is 0 Å². The van der Waals surface area contributed by atoms with Gasteiger partial charge in [0.05, 0.1) is 4.53 Å². The molecule has 10 heteroatoms. The third-order valence-electron chi connectivity index (χ3n) is 6.84. The first-order valence-electron chi connectivity index (χ1n) is 11.5. The van der Waals surface area contributed by atoms with Crippen LogP contribution < -0.4 is 19.7 Å². The zero-order valence-corrected chi connectivity index (χ0v) is 21.4. The van der Waals surface area contributed by atoms with Gasteiger partial charge in [0.15, 0.2) is 0 Å². The van der Waals surface area contributed by atoms with E-state index in [2.05, 4.69) is 24.0 Å². The molecule has 1 amide bonds. The molecule has 2 aliphatic heterocycles. The van der Waals surface area contributed by atoms with Crippen LogP contribution in [0.1, 0.15) is 50.2 Å². The van der Waals surface area contributed by atoms with E-state index in [0.717, 1.165) is 35.2 Å². The SMILES string of the molecule is CCN1C(=O)/C(=c2\s/c(=C\c3ccc4c(c3)C3CCCC3N4CC)c(=O)n2CC(=O)O)SC1=S. The summed E-state index contributed by atoms with van der Waals surface area (Å²) in [6.45, 7) is 4.91. The summed E-state index contributed by atoms with van der Waals surface area (Å²) in [6.07, 6.45) is 5.43. The highest BCUT2D eigenvalue weighted by Gasteiger charge is 2.40. The molecule has 2 aromatic rings. The number of thioether (sulfide) groups is 1. The van der Waals surface area contributed by atoms with Gasteiger partial charge in [-0.2, -0.15) is 0 Å². The van der Waals surface area contributed by atoms with E-state index in [-0.39, 0.29) is 5.91 Å². The highest BCUT2D eigenvalue weighted by molar-refractivity contribution is 8.30. The van der Waals surface area contributed by atoms with Gasteiger partial charge in [-0.1, -0.05) is 36.5 Å². The van der Waals surface area contributed by atoms with E-state index in [9.17, 15) is 19.5 Å². The van der Waals surface area contributed by atoms with Crippen LogP contribution >= 0.6 is 35.3 Å². The zero-order chi connectivity index (χ0) is 24.1. The summed E-state index contributed by atoms with van der Waals surface area (Å²) in [5.74, 6) is -0.896. The Balaban J connectivity index is 1.65. The fourth-order valence-electron chi connectivity index (χ4n) is 5.40. The van der Waals surface area contributed by atoms with Gasteiger partial charge < -0.3 is 10.0 Å². The summed E-state index contributed by atoms with van der Waals surface area (Å²) in [5, 5.41) is 9.41. The Kier molecular flexibility index (Phi) is 6.16. The van der Waals surface area contributed by atoms with Crippen LogP contribution in [0.3, 0.4) is 0 Å². The molecule has 7 nitrogen and oxygen atoms in total. The largest absolute Gasteiger partial charge is 0.480 e. The van der Waals surface area contributed by atoms with Crippen molar-refractivity contribution in [1.29, 1.82) is 0 Å². The Morgan fingerprint density at radius 3 is 2.71 bits per heavy atom. The van der Waals surface area contributed by atoms with Gasteiger partial charge in [0.25, 0.3) is 11.5 Å². The second-order valence-corrected chi connectivity index (χ2v) is 11.3. The lowest BCUT2D eigenvalue weighted by atomic mass is 9.96. The molecule has 3 heterocycles. The number of carbonyl (C=O) groups is 2. The average molecular weight is 516 g/mol.